The highest BCUT2D eigenvalue weighted by Crippen LogP contribution is 2.66. The minimum atomic E-state index is -2.63. The molecule has 1 amide bonds. The van der Waals surface area contributed by atoms with E-state index in [0.29, 0.717) is 0 Å². The van der Waals surface area contributed by atoms with Crippen LogP contribution in [0.5, 0.6) is 0 Å². The van der Waals surface area contributed by atoms with E-state index in [2.05, 4.69) is 10.1 Å². The van der Waals surface area contributed by atoms with Gasteiger partial charge in [0.25, 0.3) is 5.92 Å². The third kappa shape index (κ3) is 1.94. The van der Waals surface area contributed by atoms with Gasteiger partial charge in [0.1, 0.15) is 6.04 Å². The SMILES string of the molecule is COC(=O)NC(C(=O)O)[C@@H]1C[C@@H]2[C@H](C1)C2(F)F. The molecule has 0 bridgehead atoms. The molecule has 0 aromatic carbocycles. The Labute approximate surface area is 96.1 Å². The third-order valence-electron chi connectivity index (χ3n) is 3.67. The van der Waals surface area contributed by atoms with E-state index in [0.717, 1.165) is 7.11 Å². The topological polar surface area (TPSA) is 75.6 Å². The van der Waals surface area contributed by atoms with Gasteiger partial charge in [-0.1, -0.05) is 0 Å². The van der Waals surface area contributed by atoms with E-state index in [4.69, 9.17) is 5.11 Å². The van der Waals surface area contributed by atoms with Gasteiger partial charge in [-0.05, 0) is 18.8 Å². The normalized spacial score (nSPS) is 34.6. The van der Waals surface area contributed by atoms with Gasteiger partial charge >= 0.3 is 12.1 Å². The van der Waals surface area contributed by atoms with Crippen molar-refractivity contribution in [1.82, 2.24) is 5.32 Å². The molecule has 4 atom stereocenters. The van der Waals surface area contributed by atoms with Crippen molar-refractivity contribution in [1.29, 1.82) is 0 Å². The number of nitrogens with one attached hydrogen (secondary N) is 1. The molecule has 2 saturated carbocycles. The maximum atomic E-state index is 12.9. The summed E-state index contributed by atoms with van der Waals surface area (Å²) in [6, 6.07) is -1.15. The zero-order chi connectivity index (χ0) is 12.8. The van der Waals surface area contributed by atoms with Gasteiger partial charge in [0.15, 0.2) is 0 Å². The molecule has 96 valence electrons. The van der Waals surface area contributed by atoms with Crippen LogP contribution in [0.3, 0.4) is 0 Å². The summed E-state index contributed by atoms with van der Waals surface area (Å²) < 4.78 is 30.2. The highest BCUT2D eigenvalue weighted by atomic mass is 19.3. The van der Waals surface area contributed by atoms with Crippen LogP contribution in [-0.2, 0) is 9.53 Å². The van der Waals surface area contributed by atoms with Crippen LogP contribution in [0.2, 0.25) is 0 Å². The molecule has 0 aromatic heterocycles. The summed E-state index contributed by atoms with van der Waals surface area (Å²) in [4.78, 5) is 21.9. The third-order valence-corrected chi connectivity index (χ3v) is 3.67. The van der Waals surface area contributed by atoms with Crippen LogP contribution >= 0.6 is 0 Å². The number of halogens is 2. The maximum absolute atomic E-state index is 12.9. The smallest absolute Gasteiger partial charge is 0.407 e. The predicted octanol–water partition coefficient (Wildman–Crippen LogP) is 1.09. The molecule has 0 saturated heterocycles. The minimum Gasteiger partial charge on any atom is -0.480 e. The number of methoxy groups -OCH3 is 1. The van der Waals surface area contributed by atoms with Gasteiger partial charge in [-0.25, -0.2) is 18.4 Å². The van der Waals surface area contributed by atoms with Crippen LogP contribution in [0.1, 0.15) is 12.8 Å². The number of alkyl halides is 2. The monoisotopic (exact) mass is 249 g/mol. The molecule has 0 spiro atoms. The molecule has 0 heterocycles. The van der Waals surface area contributed by atoms with Crippen molar-refractivity contribution in [2.45, 2.75) is 24.8 Å². The number of hydrogen-bond acceptors (Lipinski definition) is 3. The zero-order valence-corrected chi connectivity index (χ0v) is 9.15. The number of alkyl carbamates (subject to hydrolysis) is 1. The summed E-state index contributed by atoms with van der Waals surface area (Å²) in [7, 11) is 1.12. The average Bonchev–Trinajstić information content (AvgIpc) is 2.69. The molecule has 17 heavy (non-hydrogen) atoms. The van der Waals surface area contributed by atoms with Crippen molar-refractivity contribution in [3.63, 3.8) is 0 Å². The fraction of sp³-hybridized carbons (Fsp3) is 0.800. The molecule has 0 aliphatic heterocycles. The van der Waals surface area contributed by atoms with Crippen molar-refractivity contribution >= 4 is 12.1 Å². The predicted molar refractivity (Wildman–Crippen MR) is 51.6 cm³/mol. The van der Waals surface area contributed by atoms with Crippen molar-refractivity contribution in [2.75, 3.05) is 7.11 Å². The quantitative estimate of drug-likeness (QED) is 0.785. The summed E-state index contributed by atoms with van der Waals surface area (Å²) in [6.07, 6.45) is -0.582. The first-order chi connectivity index (χ1) is 7.87. The van der Waals surface area contributed by atoms with Gasteiger partial charge in [0.05, 0.1) is 7.11 Å². The Kier molecular flexibility index (Phi) is 2.71. The Balaban J connectivity index is 1.96. The van der Waals surface area contributed by atoms with E-state index in [9.17, 15) is 18.4 Å². The van der Waals surface area contributed by atoms with Gasteiger partial charge in [-0.15, -0.1) is 0 Å². The Bertz CT molecular complexity index is 346. The van der Waals surface area contributed by atoms with E-state index < -0.39 is 41.8 Å². The standard InChI is InChI=1S/C10H13F2NO4/c1-17-9(16)13-7(8(14)15)4-2-5-6(3-4)10(5,11)12/h4-7H,2-3H2,1H3,(H,13,16)(H,14,15)/t4-,5-,6+,7?. The molecule has 1 unspecified atom stereocenters. The summed E-state index contributed by atoms with van der Waals surface area (Å²) in [5.74, 6) is -5.72. The fourth-order valence-corrected chi connectivity index (χ4v) is 2.69. The van der Waals surface area contributed by atoms with Crippen LogP contribution in [0.15, 0.2) is 0 Å². The van der Waals surface area contributed by atoms with E-state index in [1.165, 1.54) is 0 Å². The van der Waals surface area contributed by atoms with Gasteiger partial charge in [0.2, 0.25) is 0 Å². The van der Waals surface area contributed by atoms with Gasteiger partial charge in [-0.2, -0.15) is 0 Å². The lowest BCUT2D eigenvalue weighted by Gasteiger charge is -2.22. The van der Waals surface area contributed by atoms with Crippen LogP contribution in [0.25, 0.3) is 0 Å². The second-order valence-corrected chi connectivity index (χ2v) is 4.57. The van der Waals surface area contributed by atoms with Gasteiger partial charge < -0.3 is 15.2 Å². The minimum absolute atomic E-state index is 0.138. The number of hydrogen-bond donors (Lipinski definition) is 2. The van der Waals surface area contributed by atoms with Crippen LogP contribution in [-0.4, -0.2) is 36.2 Å². The highest BCUT2D eigenvalue weighted by Gasteiger charge is 2.72. The van der Waals surface area contributed by atoms with Gasteiger partial charge in [-0.3, -0.25) is 0 Å². The number of fused-ring (bicyclic) bond motifs is 1. The van der Waals surface area contributed by atoms with E-state index in [1.807, 2.05) is 0 Å². The Morgan fingerprint density at radius 2 is 1.94 bits per heavy atom. The second-order valence-electron chi connectivity index (χ2n) is 4.57. The molecule has 0 radical (unpaired) electrons. The molecule has 0 aromatic rings. The lowest BCUT2D eigenvalue weighted by Crippen LogP contribution is -2.46. The van der Waals surface area contributed by atoms with E-state index >= 15 is 0 Å². The molecular formula is C10H13F2NO4. The molecular weight excluding hydrogens is 236 g/mol. The summed E-state index contributed by atoms with van der Waals surface area (Å²) in [5, 5.41) is 11.1. The fourth-order valence-electron chi connectivity index (χ4n) is 2.69. The number of rotatable bonds is 3. The first kappa shape index (κ1) is 12.1. The zero-order valence-electron chi connectivity index (χ0n) is 9.15. The molecule has 2 rings (SSSR count). The largest absolute Gasteiger partial charge is 0.480 e. The molecule has 2 aliphatic carbocycles. The molecule has 5 nitrogen and oxygen atoms in total. The van der Waals surface area contributed by atoms with Crippen LogP contribution < -0.4 is 5.32 Å². The molecule has 7 heteroatoms. The first-order valence-electron chi connectivity index (χ1n) is 5.33. The second kappa shape index (κ2) is 3.82. The Hall–Kier alpha value is -1.40. The number of aliphatic carboxylic acids is 1. The number of ether oxygens (including phenoxy) is 1. The van der Waals surface area contributed by atoms with Crippen LogP contribution in [0.4, 0.5) is 13.6 Å². The lowest BCUT2D eigenvalue weighted by molar-refractivity contribution is -0.141. The highest BCUT2D eigenvalue weighted by molar-refractivity contribution is 5.80. The van der Waals surface area contributed by atoms with Crippen molar-refractivity contribution in [2.24, 2.45) is 17.8 Å². The van der Waals surface area contributed by atoms with Crippen molar-refractivity contribution in [3.05, 3.63) is 0 Å². The maximum Gasteiger partial charge on any atom is 0.407 e. The average molecular weight is 249 g/mol. The molecule has 2 N–H and O–H groups in total. The van der Waals surface area contributed by atoms with Crippen LogP contribution in [0, 0.1) is 17.8 Å². The van der Waals surface area contributed by atoms with E-state index in [1.54, 1.807) is 0 Å². The molecule has 2 fully saturated rings. The summed E-state index contributed by atoms with van der Waals surface area (Å²) in [5.41, 5.74) is 0. The van der Waals surface area contributed by atoms with Crippen molar-refractivity contribution < 1.29 is 28.2 Å². The number of carbonyl (C=O) groups is 2. The Morgan fingerprint density at radius 1 is 1.41 bits per heavy atom. The lowest BCUT2D eigenvalue weighted by atomic mass is 9.94. The first-order valence-corrected chi connectivity index (χ1v) is 5.33. The van der Waals surface area contributed by atoms with Gasteiger partial charge in [0, 0.05) is 11.8 Å². The summed E-state index contributed by atoms with van der Waals surface area (Å²) >= 11 is 0. The Morgan fingerprint density at radius 3 is 2.35 bits per heavy atom. The summed E-state index contributed by atoms with van der Waals surface area (Å²) in [6.45, 7) is 0. The number of carbonyl (C=O) groups excluding carboxylic acids is 1. The van der Waals surface area contributed by atoms with E-state index in [-0.39, 0.29) is 12.8 Å². The van der Waals surface area contributed by atoms with Crippen molar-refractivity contribution in [3.8, 4) is 0 Å². The molecule has 2 aliphatic rings. The number of carboxylic acid groups (broad SMARTS) is 1. The number of carboxylic acids is 1. The number of amides is 1.